The molecule has 0 spiro atoms. The molecule has 9 nitrogen and oxygen atoms in total. The van der Waals surface area contributed by atoms with Crippen LogP contribution in [0.15, 0.2) is 71.1 Å². The number of allylic oxidation sites excluding steroid dienone is 2. The highest BCUT2D eigenvalue weighted by Crippen LogP contribution is 2.42. The molecule has 2 unspecified atom stereocenters. The van der Waals surface area contributed by atoms with Crippen LogP contribution < -0.4 is 16.1 Å². The minimum absolute atomic E-state index is 0.114. The van der Waals surface area contributed by atoms with Gasteiger partial charge in [0.25, 0.3) is 5.91 Å². The number of ether oxygens (including phenoxy) is 1. The van der Waals surface area contributed by atoms with Gasteiger partial charge in [0.1, 0.15) is 17.3 Å². The van der Waals surface area contributed by atoms with E-state index in [1.54, 1.807) is 6.07 Å². The molecule has 0 radical (unpaired) electrons. The topological polar surface area (TPSA) is 108 Å². The zero-order chi connectivity index (χ0) is 33.5. The number of carbonyl (C=O) groups excluding carboxylic acids is 2. The normalized spacial score (nSPS) is 21.6. The molecule has 0 saturated carbocycles. The van der Waals surface area contributed by atoms with Crippen molar-refractivity contribution in [2.75, 3.05) is 25.5 Å². The van der Waals surface area contributed by atoms with E-state index in [4.69, 9.17) is 4.74 Å². The molecule has 244 valence electrons. The second-order valence-electron chi connectivity index (χ2n) is 13.7. The van der Waals surface area contributed by atoms with Crippen molar-refractivity contribution in [2.45, 2.75) is 64.7 Å². The van der Waals surface area contributed by atoms with Gasteiger partial charge < -0.3 is 20.3 Å². The van der Waals surface area contributed by atoms with E-state index >= 15 is 4.39 Å². The van der Waals surface area contributed by atoms with Crippen LogP contribution in [0.25, 0.3) is 16.7 Å². The number of hydrogen-bond acceptors (Lipinski definition) is 7. The number of halogens is 1. The van der Waals surface area contributed by atoms with Crippen LogP contribution in [-0.4, -0.2) is 54.3 Å². The van der Waals surface area contributed by atoms with E-state index in [2.05, 4.69) is 44.2 Å². The van der Waals surface area contributed by atoms with Gasteiger partial charge >= 0.3 is 0 Å². The van der Waals surface area contributed by atoms with E-state index in [0.717, 1.165) is 47.3 Å². The molecule has 3 aliphatic heterocycles. The molecule has 3 aromatic rings. The second-order valence-corrected chi connectivity index (χ2v) is 13.7. The third-order valence-electron chi connectivity index (χ3n) is 9.48. The van der Waals surface area contributed by atoms with Crippen molar-refractivity contribution in [3.63, 3.8) is 0 Å². The molecule has 1 aromatic heterocycles. The van der Waals surface area contributed by atoms with E-state index in [1.807, 2.05) is 77.2 Å². The van der Waals surface area contributed by atoms with Gasteiger partial charge in [0.05, 0.1) is 12.8 Å². The van der Waals surface area contributed by atoms with E-state index in [-0.39, 0.29) is 17.9 Å². The Morgan fingerprint density at radius 1 is 1.19 bits per heavy atom. The summed E-state index contributed by atoms with van der Waals surface area (Å²) in [6.07, 6.45) is 6.72. The van der Waals surface area contributed by atoms with Crippen LogP contribution in [-0.2, 0) is 26.3 Å². The highest BCUT2D eigenvalue weighted by Gasteiger charge is 2.39. The van der Waals surface area contributed by atoms with Gasteiger partial charge in [-0.1, -0.05) is 45.0 Å². The molecule has 2 amide bonds. The first kappa shape index (κ1) is 32.3. The number of likely N-dealkylation sites (tertiary alicyclic amines) is 1. The van der Waals surface area contributed by atoms with Gasteiger partial charge in [-0.15, -0.1) is 0 Å². The second kappa shape index (κ2) is 12.5. The van der Waals surface area contributed by atoms with Crippen molar-refractivity contribution < 1.29 is 18.7 Å². The number of anilines is 1. The van der Waals surface area contributed by atoms with Gasteiger partial charge in [0.15, 0.2) is 5.72 Å². The maximum Gasteiger partial charge on any atom is 0.270 e. The van der Waals surface area contributed by atoms with Gasteiger partial charge in [-0.3, -0.25) is 9.59 Å². The van der Waals surface area contributed by atoms with Gasteiger partial charge in [-0.2, -0.15) is 5.10 Å². The maximum absolute atomic E-state index is 16.2. The number of rotatable bonds is 7. The summed E-state index contributed by atoms with van der Waals surface area (Å²) in [5.41, 5.74) is 7.82. The summed E-state index contributed by atoms with van der Waals surface area (Å²) in [5, 5.41) is 10.3. The number of pyridine rings is 1. The number of likely N-dealkylation sites (N-methyl/N-ethyl adjacent to an activating group) is 1. The summed E-state index contributed by atoms with van der Waals surface area (Å²) in [7, 11) is 2.13. The van der Waals surface area contributed by atoms with Gasteiger partial charge in [-0.05, 0) is 108 Å². The maximum atomic E-state index is 16.2. The first-order chi connectivity index (χ1) is 22.4. The number of hydrogen-bond donors (Lipinski definition) is 3. The fourth-order valence-electron chi connectivity index (χ4n) is 6.57. The first-order valence-electron chi connectivity index (χ1n) is 15.9. The molecule has 2 bridgehead atoms. The minimum atomic E-state index is -1.12. The molecule has 3 N–H and O–H groups in total. The summed E-state index contributed by atoms with van der Waals surface area (Å²) < 4.78 is 22.7. The highest BCUT2D eigenvalue weighted by molar-refractivity contribution is 6.02. The number of carbonyl (C=O) groups is 2. The molecule has 2 aromatic carbocycles. The zero-order valence-electron chi connectivity index (χ0n) is 27.7. The lowest BCUT2D eigenvalue weighted by Gasteiger charge is -2.31. The van der Waals surface area contributed by atoms with E-state index in [9.17, 15) is 9.59 Å². The number of amides is 2. The van der Waals surface area contributed by atoms with E-state index in [0.29, 0.717) is 40.5 Å². The Hall–Kier alpha value is -4.67. The molecule has 0 aliphatic carbocycles. The number of nitrogens with zero attached hydrogens (tertiary/aromatic N) is 3. The molecule has 4 heterocycles. The van der Waals surface area contributed by atoms with Crippen LogP contribution in [0.5, 0.6) is 0 Å². The Morgan fingerprint density at radius 2 is 1.98 bits per heavy atom. The molecule has 47 heavy (non-hydrogen) atoms. The molecule has 10 heteroatoms. The number of hydrazone groups is 1. The summed E-state index contributed by atoms with van der Waals surface area (Å²) >= 11 is 0. The fourth-order valence-corrected chi connectivity index (χ4v) is 6.57. The molecular formula is C37H41FN6O3. The molecule has 3 aliphatic rings. The minimum Gasteiger partial charge on any atom is -0.347 e. The van der Waals surface area contributed by atoms with Gasteiger partial charge in [-0.25, -0.2) is 14.8 Å². The summed E-state index contributed by atoms with van der Waals surface area (Å²) in [6, 6.07) is 13.1. The summed E-state index contributed by atoms with van der Waals surface area (Å²) in [6.45, 7) is 12.0. The van der Waals surface area contributed by atoms with Crippen molar-refractivity contribution in [1.82, 2.24) is 20.6 Å². The predicted octanol–water partition coefficient (Wildman–Crippen LogP) is 5.83. The summed E-state index contributed by atoms with van der Waals surface area (Å²) in [5.74, 6) is 0.269. The molecule has 6 rings (SSSR count). The Balaban J connectivity index is 1.43. The Bertz CT molecular complexity index is 1820. The van der Waals surface area contributed by atoms with Crippen molar-refractivity contribution >= 4 is 29.9 Å². The van der Waals surface area contributed by atoms with Crippen molar-refractivity contribution in [3.8, 4) is 11.1 Å². The zero-order valence-corrected chi connectivity index (χ0v) is 27.7. The average Bonchev–Trinajstić information content (AvgIpc) is 3.40. The van der Waals surface area contributed by atoms with E-state index < -0.39 is 11.5 Å². The fraction of sp³-hybridized carbons (Fsp3) is 0.351. The third kappa shape index (κ3) is 6.35. The Kier molecular flexibility index (Phi) is 8.59. The SMILES string of the molecule is CC1=C2C=C(Nc3ccc(C4CCN(C)C4)cn3)C(=O)NC1(C)OCc1c2cccc1-c1c(F)cc(C(C)(C)C)cc1/C=N\NC=O. The highest BCUT2D eigenvalue weighted by atomic mass is 19.1. The monoisotopic (exact) mass is 636 g/mol. The van der Waals surface area contributed by atoms with Crippen LogP contribution in [0.1, 0.15) is 74.8 Å². The van der Waals surface area contributed by atoms with Crippen molar-refractivity contribution in [2.24, 2.45) is 5.10 Å². The first-order valence-corrected chi connectivity index (χ1v) is 15.9. The smallest absolute Gasteiger partial charge is 0.270 e. The molecule has 1 fully saturated rings. The van der Waals surface area contributed by atoms with Crippen molar-refractivity contribution in [3.05, 3.63) is 99.6 Å². The van der Waals surface area contributed by atoms with E-state index in [1.165, 1.54) is 11.8 Å². The lowest BCUT2D eigenvalue weighted by atomic mass is 9.82. The van der Waals surface area contributed by atoms with Crippen LogP contribution in [0, 0.1) is 5.82 Å². The number of aromatic nitrogens is 1. The number of benzene rings is 2. The molecule has 2 atom stereocenters. The molecule has 1 saturated heterocycles. The predicted molar refractivity (Wildman–Crippen MR) is 182 cm³/mol. The van der Waals surface area contributed by atoms with Crippen LogP contribution in [0.2, 0.25) is 0 Å². The van der Waals surface area contributed by atoms with Crippen LogP contribution in [0.3, 0.4) is 0 Å². The quantitative estimate of drug-likeness (QED) is 0.171. The molecular weight excluding hydrogens is 595 g/mol. The van der Waals surface area contributed by atoms with Gasteiger partial charge in [0, 0.05) is 23.9 Å². The number of nitrogens with one attached hydrogen (secondary N) is 3. The van der Waals surface area contributed by atoms with Gasteiger partial charge in [0.2, 0.25) is 6.41 Å². The summed E-state index contributed by atoms with van der Waals surface area (Å²) in [4.78, 5) is 31.5. The largest absolute Gasteiger partial charge is 0.347 e. The Labute approximate surface area is 275 Å². The third-order valence-corrected chi connectivity index (χ3v) is 9.48. The average molecular weight is 637 g/mol. The lowest BCUT2D eigenvalue weighted by Crippen LogP contribution is -2.49. The Morgan fingerprint density at radius 3 is 2.66 bits per heavy atom. The number of fused-ring (bicyclic) bond motifs is 3. The lowest BCUT2D eigenvalue weighted by molar-refractivity contribution is -0.126. The van der Waals surface area contributed by atoms with Crippen LogP contribution in [0.4, 0.5) is 10.2 Å². The standard InChI is InChI=1S/C37H41FN6O3/c1-22-29-16-32(42-33-11-10-23(17-39-33)24-12-13-44(6)19-24)35(46)43-37(22,5)47-20-30-27(29)8-7-9-28(30)34-25(18-40-41-21-45)14-26(15-31(34)38)36(2,3)4/h7-11,14-18,21,24H,12-13,19-20H2,1-6H3,(H,39,42)(H,41,45)(H,43,46)/b40-18-. The van der Waals surface area contributed by atoms with Crippen molar-refractivity contribution in [1.29, 1.82) is 0 Å². The van der Waals surface area contributed by atoms with Crippen LogP contribution >= 0.6 is 0 Å².